The smallest absolute Gasteiger partial charge is 0.306 e. The van der Waals surface area contributed by atoms with Gasteiger partial charge >= 0.3 is 11.9 Å². The van der Waals surface area contributed by atoms with Crippen LogP contribution >= 0.6 is 0 Å². The van der Waals surface area contributed by atoms with Crippen molar-refractivity contribution in [2.75, 3.05) is 47.5 Å². The van der Waals surface area contributed by atoms with Crippen molar-refractivity contribution in [2.45, 2.75) is 167 Å². The maximum Gasteiger partial charge on any atom is 0.306 e. The molecule has 57 heavy (non-hydrogen) atoms. The van der Waals surface area contributed by atoms with E-state index < -0.39 is 24.3 Å². The van der Waals surface area contributed by atoms with Gasteiger partial charge in [-0.2, -0.15) is 0 Å². The van der Waals surface area contributed by atoms with E-state index >= 15 is 0 Å². The molecule has 0 radical (unpaired) electrons. The van der Waals surface area contributed by atoms with Crippen molar-refractivity contribution in [2.24, 2.45) is 0 Å². The Kier molecular flexibility index (Phi) is 37.3. The van der Waals surface area contributed by atoms with E-state index in [4.69, 9.17) is 18.9 Å². The molecule has 0 aliphatic rings. The molecule has 0 amide bonds. The number of rotatable bonds is 39. The Labute approximate surface area is 347 Å². The number of hydrogen-bond acceptors (Lipinski definition) is 8. The standard InChI is InChI=1S/C48H81NO8/c1-6-8-10-12-14-16-18-20-21-22-23-24-25-27-29-31-33-35-37-39-46(51)57-44(43-56-48(47(52)53)54-41-40-49(3,4)5)42-55-45(50)38-36-34-32-30-28-26-19-17-15-13-11-9-7-2/h8,10,14,16,20-21,23-24,27,29,33,35,44,48H,6-7,9,11-13,15,17-19,22,25-26,28,30-32,34,36-43H2,1-5H3/b10-8-,16-14-,21-20-,24-23-,29-27-,35-33-. The topological polar surface area (TPSA) is 111 Å². The summed E-state index contributed by atoms with van der Waals surface area (Å²) in [6.45, 7) is 4.52. The average molecular weight is 800 g/mol. The molecule has 9 heteroatoms. The Morgan fingerprint density at radius 2 is 1.00 bits per heavy atom. The quantitative estimate of drug-likeness (QED) is 0.0199. The summed E-state index contributed by atoms with van der Waals surface area (Å²) >= 11 is 0. The minimum atomic E-state index is -1.64. The lowest BCUT2D eigenvalue weighted by molar-refractivity contribution is -0.870. The number of allylic oxidation sites excluding steroid dienone is 12. The summed E-state index contributed by atoms with van der Waals surface area (Å²) in [6, 6.07) is 0. The highest BCUT2D eigenvalue weighted by atomic mass is 16.7. The van der Waals surface area contributed by atoms with E-state index in [-0.39, 0.29) is 38.6 Å². The number of carboxylic acid groups (broad SMARTS) is 1. The summed E-state index contributed by atoms with van der Waals surface area (Å²) in [5.74, 6) is -2.40. The second-order valence-electron chi connectivity index (χ2n) is 15.6. The number of carboxylic acids is 1. The molecular formula is C48H81NO8. The third-order valence-electron chi connectivity index (χ3n) is 8.98. The summed E-state index contributed by atoms with van der Waals surface area (Å²) in [4.78, 5) is 36.9. The monoisotopic (exact) mass is 800 g/mol. The fraction of sp³-hybridized carbons (Fsp3) is 0.688. The molecule has 0 aliphatic heterocycles. The van der Waals surface area contributed by atoms with Gasteiger partial charge in [-0.3, -0.25) is 9.59 Å². The lowest BCUT2D eigenvalue weighted by Gasteiger charge is -2.26. The second kappa shape index (κ2) is 39.6. The number of quaternary nitrogens is 1. The second-order valence-corrected chi connectivity index (χ2v) is 15.6. The molecule has 2 unspecified atom stereocenters. The van der Waals surface area contributed by atoms with Crippen LogP contribution in [0.4, 0.5) is 0 Å². The Balaban J connectivity index is 4.59. The van der Waals surface area contributed by atoms with Crippen molar-refractivity contribution in [3.8, 4) is 0 Å². The molecule has 0 aromatic heterocycles. The molecule has 0 spiro atoms. The minimum absolute atomic E-state index is 0.121. The number of ether oxygens (including phenoxy) is 4. The van der Waals surface area contributed by atoms with Crippen molar-refractivity contribution in [1.82, 2.24) is 0 Å². The molecule has 2 atom stereocenters. The third kappa shape index (κ3) is 40.7. The van der Waals surface area contributed by atoms with E-state index in [1.54, 1.807) is 0 Å². The predicted molar refractivity (Wildman–Crippen MR) is 232 cm³/mol. The van der Waals surface area contributed by atoms with Crippen LogP contribution in [0.1, 0.15) is 155 Å². The SMILES string of the molecule is CC/C=C\C/C=C\C/C=C\C/C=C\C/C=C\C/C=C\CCC(=O)OC(COC(=O)CCCCCCCCCCCCCCC)COC(OCC[N+](C)(C)C)C(=O)[O-]. The number of unbranched alkanes of at least 4 members (excludes halogenated alkanes) is 12. The fourth-order valence-corrected chi connectivity index (χ4v) is 5.56. The number of carbonyl (C=O) groups excluding carboxylic acids is 3. The first-order valence-corrected chi connectivity index (χ1v) is 22.1. The Morgan fingerprint density at radius 3 is 1.46 bits per heavy atom. The van der Waals surface area contributed by atoms with Gasteiger partial charge in [-0.05, 0) is 51.4 Å². The molecule has 0 rings (SSSR count). The van der Waals surface area contributed by atoms with E-state index in [2.05, 4.69) is 74.6 Å². The number of aliphatic carboxylic acids is 1. The highest BCUT2D eigenvalue weighted by Crippen LogP contribution is 2.14. The molecule has 0 heterocycles. The molecular weight excluding hydrogens is 719 g/mol. The van der Waals surface area contributed by atoms with Gasteiger partial charge in [-0.1, -0.05) is 164 Å². The van der Waals surface area contributed by atoms with Crippen molar-refractivity contribution in [3.05, 3.63) is 72.9 Å². The Bertz CT molecular complexity index is 1160. The van der Waals surface area contributed by atoms with E-state index in [1.807, 2.05) is 33.3 Å². The molecule has 0 fully saturated rings. The molecule has 0 saturated heterocycles. The highest BCUT2D eigenvalue weighted by molar-refractivity contribution is 5.70. The molecule has 0 N–H and O–H groups in total. The molecule has 9 nitrogen and oxygen atoms in total. The van der Waals surface area contributed by atoms with Gasteiger partial charge in [0.15, 0.2) is 12.4 Å². The van der Waals surface area contributed by atoms with Crippen molar-refractivity contribution in [3.63, 3.8) is 0 Å². The van der Waals surface area contributed by atoms with E-state index in [0.29, 0.717) is 17.4 Å². The van der Waals surface area contributed by atoms with E-state index in [1.165, 1.54) is 64.2 Å². The van der Waals surface area contributed by atoms with Crippen LogP contribution in [-0.4, -0.2) is 82.3 Å². The van der Waals surface area contributed by atoms with Crippen molar-refractivity contribution in [1.29, 1.82) is 0 Å². The van der Waals surface area contributed by atoms with Gasteiger partial charge < -0.3 is 33.3 Å². The average Bonchev–Trinajstić information content (AvgIpc) is 3.17. The van der Waals surface area contributed by atoms with Gasteiger partial charge in [-0.15, -0.1) is 0 Å². The number of likely N-dealkylation sites (N-methyl/N-ethyl adjacent to an activating group) is 1. The summed E-state index contributed by atoms with van der Waals surface area (Å²) in [5.41, 5.74) is 0. The van der Waals surface area contributed by atoms with Crippen LogP contribution in [0.2, 0.25) is 0 Å². The maximum atomic E-state index is 12.7. The van der Waals surface area contributed by atoms with E-state index in [9.17, 15) is 19.5 Å². The molecule has 0 aromatic rings. The van der Waals surface area contributed by atoms with Gasteiger partial charge in [0.25, 0.3) is 0 Å². The summed E-state index contributed by atoms with van der Waals surface area (Å²) in [5, 5.41) is 11.7. The first-order valence-electron chi connectivity index (χ1n) is 22.1. The Hall–Kier alpha value is -3.27. The van der Waals surface area contributed by atoms with Crippen LogP contribution in [0.15, 0.2) is 72.9 Å². The third-order valence-corrected chi connectivity index (χ3v) is 8.98. The van der Waals surface area contributed by atoms with Crippen LogP contribution in [0, 0.1) is 0 Å². The molecule has 0 aromatic carbocycles. The zero-order chi connectivity index (χ0) is 42.1. The number of carbonyl (C=O) groups is 3. The lowest BCUT2D eigenvalue weighted by Crippen LogP contribution is -2.44. The largest absolute Gasteiger partial charge is 0.545 e. The van der Waals surface area contributed by atoms with Gasteiger partial charge in [0.2, 0.25) is 0 Å². The van der Waals surface area contributed by atoms with Crippen LogP contribution in [0.25, 0.3) is 0 Å². The number of esters is 2. The van der Waals surface area contributed by atoms with E-state index in [0.717, 1.165) is 57.8 Å². The summed E-state index contributed by atoms with van der Waals surface area (Å²) in [7, 11) is 5.88. The summed E-state index contributed by atoms with van der Waals surface area (Å²) < 4.78 is 22.4. The van der Waals surface area contributed by atoms with Crippen LogP contribution in [0.3, 0.4) is 0 Å². The molecule has 0 aliphatic carbocycles. The zero-order valence-corrected chi connectivity index (χ0v) is 36.7. The molecule has 0 saturated carbocycles. The number of hydrogen-bond donors (Lipinski definition) is 0. The lowest BCUT2D eigenvalue weighted by atomic mass is 10.0. The first-order chi connectivity index (χ1) is 27.6. The van der Waals surface area contributed by atoms with Crippen molar-refractivity contribution < 1.29 is 42.9 Å². The first kappa shape index (κ1) is 53.7. The maximum absolute atomic E-state index is 12.7. The van der Waals surface area contributed by atoms with Gasteiger partial charge in [0.1, 0.15) is 13.2 Å². The molecule has 0 bridgehead atoms. The zero-order valence-electron chi connectivity index (χ0n) is 36.7. The Morgan fingerprint density at radius 1 is 0.544 bits per heavy atom. The number of nitrogens with zero attached hydrogens (tertiary/aromatic N) is 1. The highest BCUT2D eigenvalue weighted by Gasteiger charge is 2.21. The van der Waals surface area contributed by atoms with Crippen molar-refractivity contribution >= 4 is 17.9 Å². The van der Waals surface area contributed by atoms with Gasteiger partial charge in [-0.25, -0.2) is 0 Å². The van der Waals surface area contributed by atoms with Crippen LogP contribution in [-0.2, 0) is 33.3 Å². The van der Waals surface area contributed by atoms with Gasteiger partial charge in [0, 0.05) is 12.8 Å². The van der Waals surface area contributed by atoms with Gasteiger partial charge in [0.05, 0.1) is 40.3 Å². The fourth-order valence-electron chi connectivity index (χ4n) is 5.56. The van der Waals surface area contributed by atoms with Crippen LogP contribution < -0.4 is 5.11 Å². The molecule has 326 valence electrons. The van der Waals surface area contributed by atoms with Crippen LogP contribution in [0.5, 0.6) is 0 Å². The minimum Gasteiger partial charge on any atom is -0.545 e. The normalized spacial score (nSPS) is 13.6. The summed E-state index contributed by atoms with van der Waals surface area (Å²) in [6.07, 6.45) is 45.2. The predicted octanol–water partition coefficient (Wildman–Crippen LogP) is 10.2.